The second-order valence-electron chi connectivity index (χ2n) is 6.08. The standard InChI is InChI=1S/C16H23N3S.HI/c1-16(13-5-3-2-4-6-13)11-14(12-16)18-15(17)19-7-9-20-10-8-19;/h2-6,14H,7-12H2,1H3,(H2,17,18);1H. The highest BCUT2D eigenvalue weighted by Gasteiger charge is 2.41. The molecule has 3 rings (SSSR count). The topological polar surface area (TPSA) is 41.6 Å². The fourth-order valence-electron chi connectivity index (χ4n) is 3.21. The van der Waals surface area contributed by atoms with Crippen molar-refractivity contribution in [1.29, 1.82) is 0 Å². The van der Waals surface area contributed by atoms with Gasteiger partial charge in [-0.2, -0.15) is 11.8 Å². The van der Waals surface area contributed by atoms with Gasteiger partial charge in [-0.05, 0) is 23.8 Å². The molecule has 1 saturated heterocycles. The van der Waals surface area contributed by atoms with Gasteiger partial charge in [-0.3, -0.25) is 0 Å². The summed E-state index contributed by atoms with van der Waals surface area (Å²) in [6, 6.07) is 11.2. The molecule has 0 aromatic heterocycles. The van der Waals surface area contributed by atoms with Gasteiger partial charge in [-0.1, -0.05) is 37.3 Å². The molecule has 21 heavy (non-hydrogen) atoms. The fourth-order valence-corrected chi connectivity index (χ4v) is 4.11. The zero-order valence-corrected chi connectivity index (χ0v) is 15.6. The molecule has 1 aliphatic carbocycles. The van der Waals surface area contributed by atoms with Crippen LogP contribution in [0.4, 0.5) is 0 Å². The lowest BCUT2D eigenvalue weighted by Gasteiger charge is -2.44. The predicted octanol–water partition coefficient (Wildman–Crippen LogP) is 3.09. The molecule has 1 aromatic rings. The van der Waals surface area contributed by atoms with E-state index in [1.54, 1.807) is 0 Å². The summed E-state index contributed by atoms with van der Waals surface area (Å²) in [5, 5.41) is 0. The minimum Gasteiger partial charge on any atom is -0.370 e. The first-order valence-corrected chi connectivity index (χ1v) is 8.54. The molecule has 3 nitrogen and oxygen atoms in total. The summed E-state index contributed by atoms with van der Waals surface area (Å²) in [7, 11) is 0. The average molecular weight is 417 g/mol. The minimum absolute atomic E-state index is 0. The quantitative estimate of drug-likeness (QED) is 0.457. The van der Waals surface area contributed by atoms with E-state index < -0.39 is 0 Å². The van der Waals surface area contributed by atoms with E-state index in [0.717, 1.165) is 31.9 Å². The summed E-state index contributed by atoms with van der Waals surface area (Å²) in [4.78, 5) is 6.97. The predicted molar refractivity (Wildman–Crippen MR) is 103 cm³/mol. The molecule has 0 radical (unpaired) electrons. The van der Waals surface area contributed by atoms with Gasteiger partial charge in [-0.25, -0.2) is 4.99 Å². The zero-order valence-electron chi connectivity index (χ0n) is 12.5. The Kier molecular flexibility index (Phi) is 5.82. The molecule has 0 bridgehead atoms. The first kappa shape index (κ1) is 16.9. The highest BCUT2D eigenvalue weighted by Crippen LogP contribution is 2.44. The number of halogens is 1. The van der Waals surface area contributed by atoms with Crippen molar-refractivity contribution in [3.8, 4) is 0 Å². The van der Waals surface area contributed by atoms with Crippen LogP contribution in [-0.2, 0) is 5.41 Å². The summed E-state index contributed by atoms with van der Waals surface area (Å²) in [5.74, 6) is 3.09. The van der Waals surface area contributed by atoms with Gasteiger partial charge in [0.1, 0.15) is 0 Å². The molecule has 0 unspecified atom stereocenters. The molecule has 0 atom stereocenters. The van der Waals surface area contributed by atoms with Gasteiger partial charge in [0.25, 0.3) is 0 Å². The lowest BCUT2D eigenvalue weighted by Crippen LogP contribution is -2.46. The molecule has 2 N–H and O–H groups in total. The molecule has 2 fully saturated rings. The zero-order chi connectivity index (χ0) is 14.0. The molecule has 2 aliphatic rings. The number of benzene rings is 1. The fraction of sp³-hybridized carbons (Fsp3) is 0.562. The number of rotatable bonds is 2. The van der Waals surface area contributed by atoms with Gasteiger partial charge >= 0.3 is 0 Å². The highest BCUT2D eigenvalue weighted by molar-refractivity contribution is 14.0. The third-order valence-electron chi connectivity index (χ3n) is 4.49. The molecular formula is C16H24IN3S. The molecule has 1 saturated carbocycles. The van der Waals surface area contributed by atoms with Crippen molar-refractivity contribution in [2.24, 2.45) is 10.7 Å². The third kappa shape index (κ3) is 3.86. The van der Waals surface area contributed by atoms with Crippen LogP contribution in [0.1, 0.15) is 25.3 Å². The van der Waals surface area contributed by atoms with Crippen molar-refractivity contribution in [2.75, 3.05) is 24.6 Å². The van der Waals surface area contributed by atoms with Crippen LogP contribution in [0.25, 0.3) is 0 Å². The Balaban J connectivity index is 0.00000161. The van der Waals surface area contributed by atoms with E-state index in [2.05, 4.69) is 42.2 Å². The number of nitrogens with zero attached hydrogens (tertiary/aromatic N) is 2. The van der Waals surface area contributed by atoms with E-state index in [0.29, 0.717) is 6.04 Å². The Bertz CT molecular complexity index is 480. The van der Waals surface area contributed by atoms with Gasteiger partial charge < -0.3 is 10.6 Å². The number of hydrogen-bond donors (Lipinski definition) is 1. The average Bonchev–Trinajstić information content (AvgIpc) is 2.47. The normalized spacial score (nSPS) is 29.5. The van der Waals surface area contributed by atoms with Crippen LogP contribution < -0.4 is 5.73 Å². The van der Waals surface area contributed by atoms with Gasteiger partial charge in [0.15, 0.2) is 5.96 Å². The molecule has 0 spiro atoms. The first-order chi connectivity index (χ1) is 9.67. The van der Waals surface area contributed by atoms with Crippen molar-refractivity contribution >= 4 is 41.7 Å². The number of thioether (sulfide) groups is 1. The maximum Gasteiger partial charge on any atom is 0.191 e. The van der Waals surface area contributed by atoms with Crippen molar-refractivity contribution < 1.29 is 0 Å². The molecule has 0 amide bonds. The van der Waals surface area contributed by atoms with Crippen molar-refractivity contribution in [2.45, 2.75) is 31.2 Å². The molecule has 5 heteroatoms. The Hall–Kier alpha value is -0.430. The van der Waals surface area contributed by atoms with E-state index >= 15 is 0 Å². The number of nitrogens with two attached hydrogens (primary N) is 1. The van der Waals surface area contributed by atoms with Crippen LogP contribution in [0.5, 0.6) is 0 Å². The van der Waals surface area contributed by atoms with Gasteiger partial charge in [-0.15, -0.1) is 24.0 Å². The SMILES string of the molecule is CC1(c2ccccc2)CC(N=C(N)N2CCSCC2)C1.I. The maximum atomic E-state index is 6.15. The lowest BCUT2D eigenvalue weighted by molar-refractivity contribution is 0.226. The van der Waals surface area contributed by atoms with E-state index in [4.69, 9.17) is 10.7 Å². The van der Waals surface area contributed by atoms with E-state index in [-0.39, 0.29) is 29.4 Å². The van der Waals surface area contributed by atoms with Crippen molar-refractivity contribution in [3.63, 3.8) is 0 Å². The number of aliphatic imine (C=N–C) groups is 1. The first-order valence-electron chi connectivity index (χ1n) is 7.39. The van der Waals surface area contributed by atoms with E-state index in [1.165, 1.54) is 17.1 Å². The van der Waals surface area contributed by atoms with Gasteiger partial charge in [0, 0.05) is 24.6 Å². The molecule has 1 heterocycles. The highest BCUT2D eigenvalue weighted by atomic mass is 127. The molecule has 116 valence electrons. The molecule has 1 aliphatic heterocycles. The summed E-state index contributed by atoms with van der Waals surface area (Å²) in [6.45, 7) is 4.42. The van der Waals surface area contributed by atoms with Crippen LogP contribution in [0.15, 0.2) is 35.3 Å². The van der Waals surface area contributed by atoms with Gasteiger partial charge in [0.05, 0.1) is 6.04 Å². The Morgan fingerprint density at radius 1 is 1.24 bits per heavy atom. The van der Waals surface area contributed by atoms with E-state index in [1.807, 2.05) is 11.8 Å². The Morgan fingerprint density at radius 3 is 2.48 bits per heavy atom. The van der Waals surface area contributed by atoms with Crippen LogP contribution in [-0.4, -0.2) is 41.5 Å². The van der Waals surface area contributed by atoms with Crippen LogP contribution in [0.2, 0.25) is 0 Å². The molecule has 1 aromatic carbocycles. The monoisotopic (exact) mass is 417 g/mol. The van der Waals surface area contributed by atoms with Crippen LogP contribution in [0.3, 0.4) is 0 Å². The summed E-state index contributed by atoms with van der Waals surface area (Å²) < 4.78 is 0. The Morgan fingerprint density at radius 2 is 1.86 bits per heavy atom. The second-order valence-corrected chi connectivity index (χ2v) is 7.30. The van der Waals surface area contributed by atoms with Crippen LogP contribution >= 0.6 is 35.7 Å². The van der Waals surface area contributed by atoms with Gasteiger partial charge in [0.2, 0.25) is 0 Å². The molecular weight excluding hydrogens is 393 g/mol. The maximum absolute atomic E-state index is 6.15. The minimum atomic E-state index is 0. The smallest absolute Gasteiger partial charge is 0.191 e. The number of hydrogen-bond acceptors (Lipinski definition) is 2. The summed E-state index contributed by atoms with van der Waals surface area (Å²) in [5.41, 5.74) is 7.87. The Labute approximate surface area is 148 Å². The lowest BCUT2D eigenvalue weighted by atomic mass is 9.63. The van der Waals surface area contributed by atoms with E-state index in [9.17, 15) is 0 Å². The van der Waals surface area contributed by atoms with Crippen molar-refractivity contribution in [3.05, 3.63) is 35.9 Å². The second kappa shape index (κ2) is 7.22. The van der Waals surface area contributed by atoms with Crippen molar-refractivity contribution in [1.82, 2.24) is 4.90 Å². The largest absolute Gasteiger partial charge is 0.370 e. The summed E-state index contributed by atoms with van der Waals surface area (Å²) >= 11 is 2.00. The van der Waals surface area contributed by atoms with Crippen LogP contribution in [0, 0.1) is 0 Å². The summed E-state index contributed by atoms with van der Waals surface area (Å²) in [6.07, 6.45) is 2.22. The number of guanidine groups is 1. The third-order valence-corrected chi connectivity index (χ3v) is 5.44.